The number of rotatable bonds is 1. The van der Waals surface area contributed by atoms with E-state index in [9.17, 15) is 0 Å². The van der Waals surface area contributed by atoms with E-state index in [0.717, 1.165) is 11.5 Å². The Morgan fingerprint density at radius 1 is 1.06 bits per heavy atom. The number of benzene rings is 2. The van der Waals surface area contributed by atoms with Gasteiger partial charge in [0.2, 0.25) is 5.90 Å². The van der Waals surface area contributed by atoms with E-state index in [4.69, 9.17) is 4.74 Å². The van der Waals surface area contributed by atoms with E-state index in [1.54, 1.807) is 0 Å². The van der Waals surface area contributed by atoms with Crippen LogP contribution in [-0.4, -0.2) is 18.0 Å². The lowest BCUT2D eigenvalue weighted by Crippen LogP contribution is -2.17. The largest absolute Gasteiger partial charge is 0.475 e. The average Bonchev–Trinajstić information content (AvgIpc) is 2.69. The van der Waals surface area contributed by atoms with Crippen LogP contribution in [0.1, 0.15) is 19.4 Å². The van der Waals surface area contributed by atoms with Crippen molar-refractivity contribution in [3.05, 3.63) is 48.0 Å². The number of hydrogen-bond donors (Lipinski definition) is 0. The zero-order valence-electron chi connectivity index (χ0n) is 10.1. The van der Waals surface area contributed by atoms with Gasteiger partial charge in [-0.15, -0.1) is 0 Å². The third-order valence-electron chi connectivity index (χ3n) is 2.99. The molecule has 1 aliphatic rings. The van der Waals surface area contributed by atoms with Crippen molar-refractivity contribution in [1.29, 1.82) is 0 Å². The normalized spacial score (nSPS) is 17.9. The molecular weight excluding hydrogens is 210 g/mol. The molecule has 0 fully saturated rings. The molecule has 1 aliphatic heterocycles. The molecule has 1 heterocycles. The van der Waals surface area contributed by atoms with Crippen LogP contribution in [0, 0.1) is 0 Å². The van der Waals surface area contributed by atoms with Gasteiger partial charge >= 0.3 is 0 Å². The Labute approximate surface area is 101 Å². The Kier molecular flexibility index (Phi) is 2.18. The Bertz CT molecular complexity index is 593. The van der Waals surface area contributed by atoms with E-state index in [1.807, 2.05) is 12.1 Å². The average molecular weight is 225 g/mol. The van der Waals surface area contributed by atoms with Gasteiger partial charge in [0.15, 0.2) is 0 Å². The molecule has 0 bridgehead atoms. The summed E-state index contributed by atoms with van der Waals surface area (Å²) in [4.78, 5) is 4.64. The SMILES string of the molecule is CC1(C)COC(c2cccc3ccccc23)=N1. The molecule has 2 aromatic carbocycles. The monoisotopic (exact) mass is 225 g/mol. The van der Waals surface area contributed by atoms with E-state index in [0.29, 0.717) is 6.61 Å². The van der Waals surface area contributed by atoms with Crippen molar-refractivity contribution in [2.45, 2.75) is 19.4 Å². The zero-order chi connectivity index (χ0) is 11.9. The summed E-state index contributed by atoms with van der Waals surface area (Å²) in [7, 11) is 0. The van der Waals surface area contributed by atoms with Crippen LogP contribution < -0.4 is 0 Å². The van der Waals surface area contributed by atoms with Gasteiger partial charge in [0.25, 0.3) is 0 Å². The molecule has 0 saturated heterocycles. The van der Waals surface area contributed by atoms with Crippen molar-refractivity contribution in [3.63, 3.8) is 0 Å². The first-order valence-electron chi connectivity index (χ1n) is 5.86. The molecule has 2 aromatic rings. The molecular formula is C15H15NO. The fourth-order valence-electron chi connectivity index (χ4n) is 2.13. The van der Waals surface area contributed by atoms with Crippen molar-refractivity contribution in [2.24, 2.45) is 4.99 Å². The molecule has 0 spiro atoms. The highest BCUT2D eigenvalue weighted by Gasteiger charge is 2.27. The van der Waals surface area contributed by atoms with Crippen LogP contribution in [0.2, 0.25) is 0 Å². The maximum absolute atomic E-state index is 5.71. The quantitative estimate of drug-likeness (QED) is 0.729. The molecule has 0 radical (unpaired) electrons. The predicted octanol–water partition coefficient (Wildman–Crippen LogP) is 3.40. The van der Waals surface area contributed by atoms with Crippen LogP contribution in [0.3, 0.4) is 0 Å². The van der Waals surface area contributed by atoms with Crippen molar-refractivity contribution in [3.8, 4) is 0 Å². The minimum atomic E-state index is -0.105. The van der Waals surface area contributed by atoms with Gasteiger partial charge in [0.05, 0.1) is 5.54 Å². The second-order valence-electron chi connectivity index (χ2n) is 5.04. The lowest BCUT2D eigenvalue weighted by Gasteiger charge is -2.07. The molecule has 2 heteroatoms. The lowest BCUT2D eigenvalue weighted by atomic mass is 10.0. The molecule has 0 amide bonds. The van der Waals surface area contributed by atoms with Crippen LogP contribution in [0.15, 0.2) is 47.5 Å². The van der Waals surface area contributed by atoms with Gasteiger partial charge in [0, 0.05) is 5.56 Å². The highest BCUT2D eigenvalue weighted by molar-refractivity contribution is 6.07. The van der Waals surface area contributed by atoms with Crippen molar-refractivity contribution in [1.82, 2.24) is 0 Å². The summed E-state index contributed by atoms with van der Waals surface area (Å²) in [5.41, 5.74) is 0.986. The summed E-state index contributed by atoms with van der Waals surface area (Å²) < 4.78 is 5.71. The first kappa shape index (κ1) is 10.3. The molecule has 2 nitrogen and oxygen atoms in total. The Morgan fingerprint density at radius 3 is 2.59 bits per heavy atom. The minimum Gasteiger partial charge on any atom is -0.475 e. The van der Waals surface area contributed by atoms with Gasteiger partial charge in [0.1, 0.15) is 6.61 Å². The number of hydrogen-bond acceptors (Lipinski definition) is 2. The maximum atomic E-state index is 5.71. The van der Waals surface area contributed by atoms with Crippen LogP contribution in [0.25, 0.3) is 10.8 Å². The number of ether oxygens (including phenoxy) is 1. The molecule has 0 aromatic heterocycles. The third-order valence-corrected chi connectivity index (χ3v) is 2.99. The maximum Gasteiger partial charge on any atom is 0.217 e. The van der Waals surface area contributed by atoms with E-state index in [1.165, 1.54) is 10.8 Å². The highest BCUT2D eigenvalue weighted by atomic mass is 16.5. The zero-order valence-corrected chi connectivity index (χ0v) is 10.1. The molecule has 0 aliphatic carbocycles. The fourth-order valence-corrected chi connectivity index (χ4v) is 2.13. The third kappa shape index (κ3) is 1.80. The van der Waals surface area contributed by atoms with Gasteiger partial charge in [-0.2, -0.15) is 0 Å². The van der Waals surface area contributed by atoms with Gasteiger partial charge in [-0.3, -0.25) is 0 Å². The second-order valence-corrected chi connectivity index (χ2v) is 5.04. The topological polar surface area (TPSA) is 21.6 Å². The van der Waals surface area contributed by atoms with E-state index in [2.05, 4.69) is 49.2 Å². The Hall–Kier alpha value is -1.83. The van der Waals surface area contributed by atoms with Gasteiger partial charge < -0.3 is 4.74 Å². The van der Waals surface area contributed by atoms with Crippen LogP contribution in [0.5, 0.6) is 0 Å². The number of fused-ring (bicyclic) bond motifs is 1. The van der Waals surface area contributed by atoms with E-state index in [-0.39, 0.29) is 5.54 Å². The number of aliphatic imine (C=N–C) groups is 1. The van der Waals surface area contributed by atoms with Crippen molar-refractivity contribution in [2.75, 3.05) is 6.61 Å². The van der Waals surface area contributed by atoms with Crippen LogP contribution >= 0.6 is 0 Å². The fraction of sp³-hybridized carbons (Fsp3) is 0.267. The lowest BCUT2D eigenvalue weighted by molar-refractivity contribution is 0.279. The number of nitrogens with zero attached hydrogens (tertiary/aromatic N) is 1. The molecule has 86 valence electrons. The van der Waals surface area contributed by atoms with Crippen LogP contribution in [0.4, 0.5) is 0 Å². The summed E-state index contributed by atoms with van der Waals surface area (Å²) in [6.45, 7) is 4.84. The van der Waals surface area contributed by atoms with Gasteiger partial charge in [-0.1, -0.05) is 36.4 Å². The standard InChI is InChI=1S/C15H15NO/c1-15(2)10-17-14(16-15)13-9-5-7-11-6-3-4-8-12(11)13/h3-9H,10H2,1-2H3. The first-order chi connectivity index (χ1) is 8.16. The van der Waals surface area contributed by atoms with Crippen molar-refractivity contribution >= 4 is 16.7 Å². The summed E-state index contributed by atoms with van der Waals surface area (Å²) in [5.74, 6) is 0.770. The predicted molar refractivity (Wildman–Crippen MR) is 70.5 cm³/mol. The molecule has 0 N–H and O–H groups in total. The summed E-state index contributed by atoms with van der Waals surface area (Å²) in [6.07, 6.45) is 0. The van der Waals surface area contributed by atoms with E-state index >= 15 is 0 Å². The molecule has 17 heavy (non-hydrogen) atoms. The van der Waals surface area contributed by atoms with E-state index < -0.39 is 0 Å². The smallest absolute Gasteiger partial charge is 0.217 e. The minimum absolute atomic E-state index is 0.105. The second kappa shape index (κ2) is 3.59. The summed E-state index contributed by atoms with van der Waals surface area (Å²) in [6, 6.07) is 14.6. The molecule has 3 rings (SSSR count). The van der Waals surface area contributed by atoms with Gasteiger partial charge in [-0.25, -0.2) is 4.99 Å². The summed E-state index contributed by atoms with van der Waals surface area (Å²) in [5, 5.41) is 2.42. The molecule has 0 saturated carbocycles. The highest BCUT2D eigenvalue weighted by Crippen LogP contribution is 2.25. The molecule has 0 atom stereocenters. The Balaban J connectivity index is 2.19. The Morgan fingerprint density at radius 2 is 1.82 bits per heavy atom. The van der Waals surface area contributed by atoms with Crippen LogP contribution in [-0.2, 0) is 4.74 Å². The van der Waals surface area contributed by atoms with Crippen molar-refractivity contribution < 1.29 is 4.74 Å². The van der Waals surface area contributed by atoms with Gasteiger partial charge in [-0.05, 0) is 30.7 Å². The molecule has 0 unspecified atom stereocenters. The first-order valence-corrected chi connectivity index (χ1v) is 5.86. The summed E-state index contributed by atoms with van der Waals surface area (Å²) >= 11 is 0.